The number of likely N-dealkylation sites (tertiary alicyclic amines) is 1. The first-order valence-corrected chi connectivity index (χ1v) is 9.32. The summed E-state index contributed by atoms with van der Waals surface area (Å²) in [4.78, 5) is 7.08. The van der Waals surface area contributed by atoms with Gasteiger partial charge in [-0.25, -0.2) is 0 Å². The van der Waals surface area contributed by atoms with Gasteiger partial charge in [0.25, 0.3) is 0 Å². The molecule has 1 fully saturated rings. The van der Waals surface area contributed by atoms with Crippen molar-refractivity contribution in [2.75, 3.05) is 38.2 Å². The third-order valence-corrected chi connectivity index (χ3v) is 4.82. The average Bonchev–Trinajstić information content (AvgIpc) is 2.85. The van der Waals surface area contributed by atoms with Gasteiger partial charge in [-0.3, -0.25) is 4.99 Å². The molecule has 0 aromatic heterocycles. The molecule has 0 bridgehead atoms. The van der Waals surface area contributed by atoms with Crippen LogP contribution in [0.4, 0.5) is 5.69 Å². The molecule has 1 saturated heterocycles. The maximum absolute atomic E-state index is 6.08. The van der Waals surface area contributed by atoms with Gasteiger partial charge in [0.15, 0.2) is 17.5 Å². The Morgan fingerprint density at radius 2 is 2.08 bits per heavy atom. The van der Waals surface area contributed by atoms with E-state index in [4.69, 9.17) is 15.2 Å². The van der Waals surface area contributed by atoms with Gasteiger partial charge in [-0.1, -0.05) is 0 Å². The molecule has 25 heavy (non-hydrogen) atoms. The number of ether oxygens (including phenoxy) is 2. The van der Waals surface area contributed by atoms with E-state index in [0.29, 0.717) is 31.1 Å². The van der Waals surface area contributed by atoms with Crippen LogP contribution in [-0.2, 0) is 0 Å². The van der Waals surface area contributed by atoms with Crippen molar-refractivity contribution < 1.29 is 9.47 Å². The van der Waals surface area contributed by atoms with Crippen LogP contribution in [-0.4, -0.2) is 49.7 Å². The Hall–Kier alpha value is -1.95. The van der Waals surface area contributed by atoms with Crippen molar-refractivity contribution in [3.05, 3.63) is 18.2 Å². The van der Waals surface area contributed by atoms with Crippen LogP contribution in [0, 0.1) is 5.92 Å². The lowest BCUT2D eigenvalue weighted by molar-refractivity contribution is 0.143. The van der Waals surface area contributed by atoms with Gasteiger partial charge in [-0.15, -0.1) is 0 Å². The SMILES string of the molecule is CC(C)N1CCCC(CN=C(N)Nc2ccc3c(c2)OCCCO3)C1. The Balaban J connectivity index is 1.55. The molecule has 0 spiro atoms. The lowest BCUT2D eigenvalue weighted by Gasteiger charge is -2.34. The van der Waals surface area contributed by atoms with Gasteiger partial charge in [-0.05, 0) is 51.3 Å². The van der Waals surface area contributed by atoms with Crippen molar-refractivity contribution in [1.29, 1.82) is 0 Å². The second-order valence-corrected chi connectivity index (χ2v) is 7.16. The molecule has 1 atom stereocenters. The highest BCUT2D eigenvalue weighted by atomic mass is 16.5. The van der Waals surface area contributed by atoms with E-state index in [1.165, 1.54) is 19.4 Å². The smallest absolute Gasteiger partial charge is 0.193 e. The van der Waals surface area contributed by atoms with E-state index in [9.17, 15) is 0 Å². The number of nitrogens with two attached hydrogens (primary N) is 1. The Morgan fingerprint density at radius 3 is 2.88 bits per heavy atom. The third kappa shape index (κ3) is 5.01. The van der Waals surface area contributed by atoms with E-state index in [2.05, 4.69) is 29.1 Å². The molecule has 1 unspecified atom stereocenters. The number of hydrogen-bond donors (Lipinski definition) is 2. The van der Waals surface area contributed by atoms with Crippen LogP contribution in [0.25, 0.3) is 0 Å². The molecular formula is C19H30N4O2. The quantitative estimate of drug-likeness (QED) is 0.648. The number of nitrogens with zero attached hydrogens (tertiary/aromatic N) is 2. The molecule has 1 aromatic carbocycles. The molecule has 2 heterocycles. The van der Waals surface area contributed by atoms with E-state index in [-0.39, 0.29) is 0 Å². The predicted molar refractivity (Wildman–Crippen MR) is 102 cm³/mol. The normalized spacial score (nSPS) is 21.9. The average molecular weight is 346 g/mol. The van der Waals surface area contributed by atoms with Gasteiger partial charge in [-0.2, -0.15) is 0 Å². The van der Waals surface area contributed by atoms with Crippen molar-refractivity contribution in [1.82, 2.24) is 4.90 Å². The van der Waals surface area contributed by atoms with Crippen molar-refractivity contribution in [2.45, 2.75) is 39.2 Å². The van der Waals surface area contributed by atoms with Gasteiger partial charge < -0.3 is 25.4 Å². The van der Waals surface area contributed by atoms with Gasteiger partial charge in [0, 0.05) is 37.3 Å². The molecule has 6 heteroatoms. The maximum atomic E-state index is 6.08. The number of nitrogens with one attached hydrogen (secondary N) is 1. The van der Waals surface area contributed by atoms with Crippen molar-refractivity contribution >= 4 is 11.6 Å². The van der Waals surface area contributed by atoms with Crippen molar-refractivity contribution in [2.24, 2.45) is 16.6 Å². The number of fused-ring (bicyclic) bond motifs is 1. The minimum absolute atomic E-state index is 0.455. The number of rotatable bonds is 4. The first-order valence-electron chi connectivity index (χ1n) is 9.32. The van der Waals surface area contributed by atoms with Crippen LogP contribution >= 0.6 is 0 Å². The second-order valence-electron chi connectivity index (χ2n) is 7.16. The maximum Gasteiger partial charge on any atom is 0.193 e. The number of anilines is 1. The standard InChI is InChI=1S/C19H30N4O2/c1-14(2)23-8-3-5-15(13-23)12-21-19(20)22-16-6-7-17-18(11-16)25-10-4-9-24-17/h6-7,11,14-15H,3-5,8-10,12-13H2,1-2H3,(H3,20,21,22). The fraction of sp³-hybridized carbons (Fsp3) is 0.632. The molecular weight excluding hydrogens is 316 g/mol. The fourth-order valence-corrected chi connectivity index (χ4v) is 3.37. The van der Waals surface area contributed by atoms with Crippen molar-refractivity contribution in [3.8, 4) is 11.5 Å². The predicted octanol–water partition coefficient (Wildman–Crippen LogP) is 2.69. The summed E-state index contributed by atoms with van der Waals surface area (Å²) in [5.74, 6) is 2.58. The highest BCUT2D eigenvalue weighted by molar-refractivity contribution is 5.92. The van der Waals surface area contributed by atoms with Crippen LogP contribution in [0.5, 0.6) is 11.5 Å². The number of hydrogen-bond acceptors (Lipinski definition) is 4. The van der Waals surface area contributed by atoms with E-state index in [0.717, 1.165) is 36.7 Å². The number of guanidine groups is 1. The lowest BCUT2D eigenvalue weighted by Crippen LogP contribution is -2.41. The minimum Gasteiger partial charge on any atom is -0.490 e. The van der Waals surface area contributed by atoms with Gasteiger partial charge in [0.2, 0.25) is 0 Å². The van der Waals surface area contributed by atoms with Crippen LogP contribution in [0.2, 0.25) is 0 Å². The Labute approximate surface area is 150 Å². The zero-order valence-corrected chi connectivity index (χ0v) is 15.3. The summed E-state index contributed by atoms with van der Waals surface area (Å²) in [6.45, 7) is 8.96. The monoisotopic (exact) mass is 346 g/mol. The van der Waals surface area contributed by atoms with Crippen molar-refractivity contribution in [3.63, 3.8) is 0 Å². The molecule has 3 rings (SSSR count). The molecule has 6 nitrogen and oxygen atoms in total. The summed E-state index contributed by atoms with van der Waals surface area (Å²) in [7, 11) is 0. The van der Waals surface area contributed by atoms with E-state index >= 15 is 0 Å². The number of piperidine rings is 1. The summed E-state index contributed by atoms with van der Waals surface area (Å²) in [5.41, 5.74) is 6.95. The molecule has 1 aromatic rings. The summed E-state index contributed by atoms with van der Waals surface area (Å²) >= 11 is 0. The number of benzene rings is 1. The van der Waals surface area contributed by atoms with Gasteiger partial charge in [0.05, 0.1) is 13.2 Å². The molecule has 2 aliphatic heterocycles. The minimum atomic E-state index is 0.455. The van der Waals surface area contributed by atoms with Gasteiger partial charge in [0.1, 0.15) is 0 Å². The first kappa shape index (κ1) is 17.9. The molecule has 0 amide bonds. The molecule has 0 radical (unpaired) electrons. The molecule has 138 valence electrons. The molecule has 0 saturated carbocycles. The zero-order valence-electron chi connectivity index (χ0n) is 15.3. The Bertz CT molecular complexity index is 603. The van der Waals surface area contributed by atoms with E-state index in [1.54, 1.807) is 0 Å². The number of aliphatic imine (C=N–C) groups is 1. The summed E-state index contributed by atoms with van der Waals surface area (Å²) in [6, 6.07) is 6.38. The summed E-state index contributed by atoms with van der Waals surface area (Å²) < 4.78 is 11.4. The molecule has 0 aliphatic carbocycles. The molecule has 3 N–H and O–H groups in total. The van der Waals surface area contributed by atoms with Crippen LogP contribution < -0.4 is 20.5 Å². The largest absolute Gasteiger partial charge is 0.490 e. The Morgan fingerprint density at radius 1 is 1.28 bits per heavy atom. The first-order chi connectivity index (χ1) is 12.1. The third-order valence-electron chi connectivity index (χ3n) is 4.82. The van der Waals surface area contributed by atoms with E-state index in [1.807, 2.05) is 18.2 Å². The van der Waals surface area contributed by atoms with Gasteiger partial charge >= 0.3 is 0 Å². The zero-order chi connectivity index (χ0) is 17.6. The molecule has 2 aliphatic rings. The van der Waals surface area contributed by atoms with Crippen LogP contribution in [0.1, 0.15) is 33.1 Å². The highest BCUT2D eigenvalue weighted by Crippen LogP contribution is 2.32. The summed E-state index contributed by atoms with van der Waals surface area (Å²) in [6.07, 6.45) is 3.37. The lowest BCUT2D eigenvalue weighted by atomic mass is 9.97. The van der Waals surface area contributed by atoms with Crippen LogP contribution in [0.3, 0.4) is 0 Å². The fourth-order valence-electron chi connectivity index (χ4n) is 3.37. The highest BCUT2D eigenvalue weighted by Gasteiger charge is 2.21. The second kappa shape index (κ2) is 8.43. The Kier molecular flexibility index (Phi) is 6.02. The topological polar surface area (TPSA) is 72.1 Å². The van der Waals surface area contributed by atoms with E-state index < -0.39 is 0 Å². The summed E-state index contributed by atoms with van der Waals surface area (Å²) in [5, 5.41) is 3.16. The van der Waals surface area contributed by atoms with Crippen LogP contribution in [0.15, 0.2) is 23.2 Å².